The summed E-state index contributed by atoms with van der Waals surface area (Å²) in [5, 5.41) is 13.6. The van der Waals surface area contributed by atoms with E-state index in [1.807, 2.05) is 13.8 Å². The van der Waals surface area contributed by atoms with Crippen molar-refractivity contribution in [3.8, 4) is 0 Å². The van der Waals surface area contributed by atoms with Crippen LogP contribution in [-0.2, 0) is 13.0 Å². The second kappa shape index (κ2) is 10.7. The molecule has 0 aliphatic heterocycles. The first-order valence-corrected chi connectivity index (χ1v) is 9.08. The largest absolute Gasteiger partial charge is 0.356 e. The summed E-state index contributed by atoms with van der Waals surface area (Å²) in [5.74, 6) is 2.86. The van der Waals surface area contributed by atoms with Crippen molar-refractivity contribution in [3.05, 3.63) is 27.8 Å². The lowest BCUT2D eigenvalue weighted by Gasteiger charge is -2.09. The molecule has 2 N–H and O–H groups in total. The Labute approximate surface area is 170 Å². The SMILES string of the molecule is CN=C(NCCc1nc(C(C)C)no1)NCc1nc(C(C)C)cs1.I. The summed E-state index contributed by atoms with van der Waals surface area (Å²) in [6.45, 7) is 9.72. The first-order chi connectivity index (χ1) is 11.5. The van der Waals surface area contributed by atoms with E-state index in [4.69, 9.17) is 4.52 Å². The van der Waals surface area contributed by atoms with Gasteiger partial charge in [0, 0.05) is 31.3 Å². The number of aliphatic imine (C=N–C) groups is 1. The number of hydrogen-bond donors (Lipinski definition) is 2. The van der Waals surface area contributed by atoms with E-state index >= 15 is 0 Å². The van der Waals surface area contributed by atoms with Crippen LogP contribution in [0.3, 0.4) is 0 Å². The predicted molar refractivity (Wildman–Crippen MR) is 112 cm³/mol. The van der Waals surface area contributed by atoms with Crippen molar-refractivity contribution in [3.63, 3.8) is 0 Å². The van der Waals surface area contributed by atoms with Gasteiger partial charge in [0.05, 0.1) is 12.2 Å². The van der Waals surface area contributed by atoms with Crippen LogP contribution in [-0.4, -0.2) is 34.7 Å². The zero-order valence-corrected chi connectivity index (χ0v) is 18.5. The molecule has 0 fully saturated rings. The third-order valence-corrected chi connectivity index (χ3v) is 4.29. The molecule has 0 unspecified atom stereocenters. The summed E-state index contributed by atoms with van der Waals surface area (Å²) in [6.07, 6.45) is 0.662. The van der Waals surface area contributed by atoms with Crippen LogP contribution in [0.15, 0.2) is 14.9 Å². The monoisotopic (exact) mass is 478 g/mol. The zero-order valence-electron chi connectivity index (χ0n) is 15.4. The van der Waals surface area contributed by atoms with Gasteiger partial charge in [0.25, 0.3) is 0 Å². The van der Waals surface area contributed by atoms with Crippen molar-refractivity contribution in [2.24, 2.45) is 4.99 Å². The minimum absolute atomic E-state index is 0. The summed E-state index contributed by atoms with van der Waals surface area (Å²) < 4.78 is 5.23. The van der Waals surface area contributed by atoms with E-state index in [0.29, 0.717) is 31.3 Å². The van der Waals surface area contributed by atoms with Crippen LogP contribution in [0, 0.1) is 0 Å². The highest BCUT2D eigenvalue weighted by atomic mass is 127. The van der Waals surface area contributed by atoms with Crippen LogP contribution in [0.25, 0.3) is 0 Å². The molecule has 25 heavy (non-hydrogen) atoms. The Balaban J connectivity index is 0.00000312. The second-order valence-corrected chi connectivity index (χ2v) is 7.07. The molecule has 0 bridgehead atoms. The van der Waals surface area contributed by atoms with E-state index in [1.165, 1.54) is 0 Å². The van der Waals surface area contributed by atoms with Crippen LogP contribution < -0.4 is 10.6 Å². The molecule has 140 valence electrons. The molecular formula is C16H27IN6OS. The van der Waals surface area contributed by atoms with Gasteiger partial charge in [0.1, 0.15) is 5.01 Å². The molecule has 0 aliphatic carbocycles. The molecule has 0 atom stereocenters. The molecular weight excluding hydrogens is 451 g/mol. The molecule has 0 aromatic carbocycles. The maximum Gasteiger partial charge on any atom is 0.228 e. The Morgan fingerprint density at radius 3 is 2.52 bits per heavy atom. The van der Waals surface area contributed by atoms with Gasteiger partial charge in [-0.3, -0.25) is 4.99 Å². The Morgan fingerprint density at radius 2 is 1.96 bits per heavy atom. The van der Waals surface area contributed by atoms with Gasteiger partial charge in [-0.2, -0.15) is 4.98 Å². The molecule has 9 heteroatoms. The summed E-state index contributed by atoms with van der Waals surface area (Å²) in [7, 11) is 1.75. The summed E-state index contributed by atoms with van der Waals surface area (Å²) in [6, 6.07) is 0. The number of rotatable bonds is 7. The molecule has 7 nitrogen and oxygen atoms in total. The minimum Gasteiger partial charge on any atom is -0.356 e. The maximum atomic E-state index is 5.23. The maximum absolute atomic E-state index is 5.23. The quantitative estimate of drug-likeness (QED) is 0.361. The molecule has 0 amide bonds. The lowest BCUT2D eigenvalue weighted by molar-refractivity contribution is 0.371. The molecule has 0 spiro atoms. The van der Waals surface area contributed by atoms with Gasteiger partial charge in [-0.1, -0.05) is 32.9 Å². The van der Waals surface area contributed by atoms with Crippen LogP contribution in [0.5, 0.6) is 0 Å². The van der Waals surface area contributed by atoms with Crippen LogP contribution in [0.1, 0.15) is 61.9 Å². The van der Waals surface area contributed by atoms with Gasteiger partial charge in [-0.25, -0.2) is 4.98 Å². The van der Waals surface area contributed by atoms with Crippen molar-refractivity contribution < 1.29 is 4.52 Å². The number of thiazole rings is 1. The van der Waals surface area contributed by atoms with Crippen molar-refractivity contribution in [2.75, 3.05) is 13.6 Å². The molecule has 2 heterocycles. The average molecular weight is 478 g/mol. The molecule has 0 radical (unpaired) electrons. The molecule has 0 saturated carbocycles. The van der Waals surface area contributed by atoms with Gasteiger partial charge in [-0.15, -0.1) is 35.3 Å². The highest BCUT2D eigenvalue weighted by Gasteiger charge is 2.10. The molecule has 2 aromatic heterocycles. The normalized spacial score (nSPS) is 11.7. The van der Waals surface area contributed by atoms with Crippen molar-refractivity contribution in [1.29, 1.82) is 0 Å². The summed E-state index contributed by atoms with van der Waals surface area (Å²) >= 11 is 1.67. The van der Waals surface area contributed by atoms with Gasteiger partial charge < -0.3 is 15.2 Å². The smallest absolute Gasteiger partial charge is 0.228 e. The highest BCUT2D eigenvalue weighted by molar-refractivity contribution is 14.0. The number of guanidine groups is 1. The number of aromatic nitrogens is 3. The Hall–Kier alpha value is -1.23. The number of nitrogens with zero attached hydrogens (tertiary/aromatic N) is 4. The fourth-order valence-corrected chi connectivity index (χ4v) is 2.84. The molecule has 2 rings (SSSR count). The summed E-state index contributed by atoms with van der Waals surface area (Å²) in [4.78, 5) is 13.2. The fourth-order valence-electron chi connectivity index (χ4n) is 1.94. The van der Waals surface area contributed by atoms with E-state index in [2.05, 4.69) is 50.0 Å². The van der Waals surface area contributed by atoms with Crippen LogP contribution in [0.4, 0.5) is 0 Å². The second-order valence-electron chi connectivity index (χ2n) is 6.12. The Bertz CT molecular complexity index is 667. The topological polar surface area (TPSA) is 88.2 Å². The van der Waals surface area contributed by atoms with E-state index in [9.17, 15) is 0 Å². The van der Waals surface area contributed by atoms with E-state index in [-0.39, 0.29) is 29.9 Å². The first-order valence-electron chi connectivity index (χ1n) is 8.21. The lowest BCUT2D eigenvalue weighted by Crippen LogP contribution is -2.37. The lowest BCUT2D eigenvalue weighted by atomic mass is 10.2. The number of halogens is 1. The Kier molecular flexibility index (Phi) is 9.33. The first kappa shape index (κ1) is 21.8. The third-order valence-electron chi connectivity index (χ3n) is 3.42. The Morgan fingerprint density at radius 1 is 1.20 bits per heavy atom. The van der Waals surface area contributed by atoms with Gasteiger partial charge in [0.15, 0.2) is 11.8 Å². The van der Waals surface area contributed by atoms with E-state index in [1.54, 1.807) is 18.4 Å². The fraction of sp³-hybridized carbons (Fsp3) is 0.625. The van der Waals surface area contributed by atoms with Crippen LogP contribution >= 0.6 is 35.3 Å². The predicted octanol–water partition coefficient (Wildman–Crippen LogP) is 3.30. The van der Waals surface area contributed by atoms with Crippen molar-refractivity contribution in [2.45, 2.75) is 52.5 Å². The third kappa shape index (κ3) is 6.89. The summed E-state index contributed by atoms with van der Waals surface area (Å²) in [5.41, 5.74) is 1.14. The van der Waals surface area contributed by atoms with Crippen LogP contribution in [0.2, 0.25) is 0 Å². The number of nitrogens with one attached hydrogen (secondary N) is 2. The molecule has 0 aliphatic rings. The standard InChI is InChI=1S/C16H26N6OS.HI/c1-10(2)12-9-24-14(20-12)8-19-16(17-5)18-7-6-13-21-15(11(3)4)22-23-13;/h9-11H,6-8H2,1-5H3,(H2,17,18,19);1H. The average Bonchev–Trinajstić information content (AvgIpc) is 3.20. The van der Waals surface area contributed by atoms with E-state index < -0.39 is 0 Å². The highest BCUT2D eigenvalue weighted by Crippen LogP contribution is 2.17. The number of hydrogen-bond acceptors (Lipinski definition) is 6. The molecule has 0 saturated heterocycles. The van der Waals surface area contributed by atoms with Crippen molar-refractivity contribution >= 4 is 41.3 Å². The van der Waals surface area contributed by atoms with E-state index in [0.717, 1.165) is 22.5 Å². The minimum atomic E-state index is 0. The molecule has 2 aromatic rings. The van der Waals surface area contributed by atoms with Gasteiger partial charge >= 0.3 is 0 Å². The van der Waals surface area contributed by atoms with Gasteiger partial charge in [-0.05, 0) is 5.92 Å². The van der Waals surface area contributed by atoms with Crippen molar-refractivity contribution in [1.82, 2.24) is 25.8 Å². The van der Waals surface area contributed by atoms with Gasteiger partial charge in [0.2, 0.25) is 5.89 Å². The zero-order chi connectivity index (χ0) is 17.5.